The smallest absolute Gasteiger partial charge is 0.222 e. The van der Waals surface area contributed by atoms with E-state index in [1.165, 1.54) is 12.1 Å². The molecule has 3 heteroatoms. The molecule has 0 amide bonds. The fourth-order valence-electron chi connectivity index (χ4n) is 0.767. The lowest BCUT2D eigenvalue weighted by Gasteiger charge is -2.00. The lowest BCUT2D eigenvalue weighted by atomic mass is 10.2. The normalized spacial score (nSPS) is 9.18. The van der Waals surface area contributed by atoms with Crippen LogP contribution in [-0.2, 0) is 0 Å². The topological polar surface area (TPSA) is 30.4 Å². The summed E-state index contributed by atoms with van der Waals surface area (Å²) < 4.78 is 12.7. The van der Waals surface area contributed by atoms with Gasteiger partial charge in [-0.05, 0) is 24.6 Å². The summed E-state index contributed by atoms with van der Waals surface area (Å²) in [5, 5.41) is 0. The van der Waals surface area contributed by atoms with Crippen LogP contribution in [0.1, 0.15) is 5.56 Å². The largest absolute Gasteiger partial charge is 0.399 e. The van der Waals surface area contributed by atoms with Crippen LogP contribution < -0.4 is 5.73 Å². The SMILES string of the molecule is [C-]#[N+]c1cc(C)c(N)cc1F. The molecule has 2 N–H and O–H groups in total. The van der Waals surface area contributed by atoms with Crippen LogP contribution in [0.3, 0.4) is 0 Å². The number of hydrogen-bond acceptors (Lipinski definition) is 1. The zero-order valence-electron chi connectivity index (χ0n) is 6.06. The van der Waals surface area contributed by atoms with Crippen molar-refractivity contribution in [3.8, 4) is 0 Å². The van der Waals surface area contributed by atoms with Gasteiger partial charge in [0.25, 0.3) is 0 Å². The third-order valence-electron chi connectivity index (χ3n) is 1.46. The van der Waals surface area contributed by atoms with Crippen LogP contribution in [0, 0.1) is 19.3 Å². The van der Waals surface area contributed by atoms with Gasteiger partial charge in [0.2, 0.25) is 5.69 Å². The van der Waals surface area contributed by atoms with E-state index in [0.29, 0.717) is 5.69 Å². The molecule has 56 valence electrons. The van der Waals surface area contributed by atoms with Gasteiger partial charge in [-0.2, -0.15) is 0 Å². The van der Waals surface area contributed by atoms with E-state index in [-0.39, 0.29) is 5.69 Å². The standard InChI is InChI=1S/C8H7FN2/c1-5-3-8(11-2)6(9)4-7(5)10/h3-4H,10H2,1H3. The number of nitrogens with zero attached hydrogens (tertiary/aromatic N) is 1. The third kappa shape index (κ3) is 1.30. The summed E-state index contributed by atoms with van der Waals surface area (Å²) in [6.07, 6.45) is 0. The van der Waals surface area contributed by atoms with Gasteiger partial charge in [-0.15, -0.1) is 0 Å². The number of nitrogens with two attached hydrogens (primary N) is 1. The van der Waals surface area contributed by atoms with E-state index in [2.05, 4.69) is 4.85 Å². The Morgan fingerprint density at radius 3 is 2.73 bits per heavy atom. The van der Waals surface area contributed by atoms with Crippen LogP contribution >= 0.6 is 0 Å². The third-order valence-corrected chi connectivity index (χ3v) is 1.46. The zero-order chi connectivity index (χ0) is 8.43. The predicted octanol–water partition coefficient (Wildman–Crippen LogP) is 2.27. The number of rotatable bonds is 0. The van der Waals surface area contributed by atoms with Gasteiger partial charge in [-0.25, -0.2) is 9.24 Å². The van der Waals surface area contributed by atoms with Crippen LogP contribution in [0.15, 0.2) is 12.1 Å². The van der Waals surface area contributed by atoms with E-state index >= 15 is 0 Å². The summed E-state index contributed by atoms with van der Waals surface area (Å²) in [5.74, 6) is -0.553. The lowest BCUT2D eigenvalue weighted by molar-refractivity contribution is 0.634. The van der Waals surface area contributed by atoms with E-state index in [9.17, 15) is 4.39 Å². The van der Waals surface area contributed by atoms with E-state index in [4.69, 9.17) is 12.3 Å². The molecular formula is C8H7FN2. The Morgan fingerprint density at radius 2 is 2.18 bits per heavy atom. The summed E-state index contributed by atoms with van der Waals surface area (Å²) in [7, 11) is 0. The first-order chi connectivity index (χ1) is 5.15. The molecule has 2 nitrogen and oxygen atoms in total. The Morgan fingerprint density at radius 1 is 1.55 bits per heavy atom. The van der Waals surface area contributed by atoms with Crippen LogP contribution in [0.2, 0.25) is 0 Å². The van der Waals surface area contributed by atoms with Gasteiger partial charge in [-0.3, -0.25) is 0 Å². The zero-order valence-corrected chi connectivity index (χ0v) is 6.06. The maximum absolute atomic E-state index is 12.7. The molecule has 0 spiro atoms. The maximum Gasteiger partial charge on any atom is 0.222 e. The Hall–Kier alpha value is -1.56. The summed E-state index contributed by atoms with van der Waals surface area (Å²) in [6, 6.07) is 2.61. The number of halogens is 1. The summed E-state index contributed by atoms with van der Waals surface area (Å²) in [4.78, 5) is 2.99. The monoisotopic (exact) mass is 150 g/mol. The molecule has 0 saturated carbocycles. The number of aryl methyl sites for hydroxylation is 1. The molecule has 1 rings (SSSR count). The van der Waals surface area contributed by atoms with Crippen molar-refractivity contribution in [1.82, 2.24) is 0 Å². The van der Waals surface area contributed by atoms with Crippen molar-refractivity contribution in [1.29, 1.82) is 0 Å². The minimum Gasteiger partial charge on any atom is -0.399 e. The highest BCUT2D eigenvalue weighted by atomic mass is 19.1. The average Bonchev–Trinajstić information content (AvgIpc) is 1.97. The molecule has 0 aliphatic heterocycles. The molecule has 11 heavy (non-hydrogen) atoms. The van der Waals surface area contributed by atoms with Crippen molar-refractivity contribution in [2.75, 3.05) is 5.73 Å². The summed E-state index contributed by atoms with van der Waals surface area (Å²) in [6.45, 7) is 8.34. The quantitative estimate of drug-likeness (QED) is 0.446. The van der Waals surface area contributed by atoms with Crippen LogP contribution in [0.25, 0.3) is 4.85 Å². The number of nitrogen functional groups attached to an aromatic ring is 1. The van der Waals surface area contributed by atoms with Gasteiger partial charge in [0.1, 0.15) is 5.82 Å². The first-order valence-electron chi connectivity index (χ1n) is 3.08. The van der Waals surface area contributed by atoms with Crippen LogP contribution in [0.5, 0.6) is 0 Å². The van der Waals surface area contributed by atoms with Crippen molar-refractivity contribution in [2.45, 2.75) is 6.92 Å². The number of anilines is 1. The Labute approximate surface area is 64.3 Å². The Bertz CT molecular complexity index is 326. The van der Waals surface area contributed by atoms with E-state index in [1.54, 1.807) is 6.92 Å². The highest BCUT2D eigenvalue weighted by molar-refractivity contribution is 5.58. The van der Waals surface area contributed by atoms with Crippen molar-refractivity contribution < 1.29 is 4.39 Å². The highest BCUT2D eigenvalue weighted by Crippen LogP contribution is 2.23. The fourth-order valence-corrected chi connectivity index (χ4v) is 0.767. The molecule has 0 saturated heterocycles. The molecule has 0 aliphatic rings. The molecule has 0 heterocycles. The number of hydrogen-bond donors (Lipinski definition) is 1. The molecule has 0 bridgehead atoms. The molecule has 0 unspecified atom stereocenters. The molecule has 0 radical (unpaired) electrons. The first-order valence-corrected chi connectivity index (χ1v) is 3.08. The Kier molecular flexibility index (Phi) is 1.77. The van der Waals surface area contributed by atoms with Gasteiger partial charge in [0.05, 0.1) is 6.57 Å². The van der Waals surface area contributed by atoms with Gasteiger partial charge in [0, 0.05) is 5.69 Å². The minimum atomic E-state index is -0.553. The second-order valence-corrected chi connectivity index (χ2v) is 2.27. The van der Waals surface area contributed by atoms with E-state index in [1.807, 2.05) is 0 Å². The summed E-state index contributed by atoms with van der Waals surface area (Å²) >= 11 is 0. The Balaban J connectivity index is 3.35. The maximum atomic E-state index is 12.7. The molecule has 1 aromatic carbocycles. The average molecular weight is 150 g/mol. The first kappa shape index (κ1) is 7.55. The minimum absolute atomic E-state index is 0.0247. The molecule has 0 aromatic heterocycles. The van der Waals surface area contributed by atoms with Gasteiger partial charge in [-0.1, -0.05) is 0 Å². The van der Waals surface area contributed by atoms with Crippen LogP contribution in [0.4, 0.5) is 15.8 Å². The number of benzene rings is 1. The van der Waals surface area contributed by atoms with E-state index in [0.717, 1.165) is 5.56 Å². The fraction of sp³-hybridized carbons (Fsp3) is 0.125. The molecular weight excluding hydrogens is 143 g/mol. The van der Waals surface area contributed by atoms with Gasteiger partial charge < -0.3 is 5.73 Å². The second-order valence-electron chi connectivity index (χ2n) is 2.27. The van der Waals surface area contributed by atoms with Crippen molar-refractivity contribution in [2.24, 2.45) is 0 Å². The molecule has 0 atom stereocenters. The van der Waals surface area contributed by atoms with Gasteiger partial charge in [0.15, 0.2) is 0 Å². The van der Waals surface area contributed by atoms with E-state index < -0.39 is 5.82 Å². The van der Waals surface area contributed by atoms with Crippen molar-refractivity contribution in [3.05, 3.63) is 34.9 Å². The summed E-state index contributed by atoms with van der Waals surface area (Å²) in [5.41, 5.74) is 6.54. The molecule has 0 aliphatic carbocycles. The lowest BCUT2D eigenvalue weighted by Crippen LogP contribution is -1.90. The second kappa shape index (κ2) is 2.59. The van der Waals surface area contributed by atoms with Crippen LogP contribution in [-0.4, -0.2) is 0 Å². The van der Waals surface area contributed by atoms with Gasteiger partial charge >= 0.3 is 0 Å². The molecule has 1 aromatic rings. The predicted molar refractivity (Wildman–Crippen MR) is 41.8 cm³/mol. The van der Waals surface area contributed by atoms with Crippen molar-refractivity contribution in [3.63, 3.8) is 0 Å². The highest BCUT2D eigenvalue weighted by Gasteiger charge is 2.03. The van der Waals surface area contributed by atoms with Crippen molar-refractivity contribution >= 4 is 11.4 Å². The molecule has 0 fully saturated rings.